The lowest BCUT2D eigenvalue weighted by atomic mass is 9.93. The summed E-state index contributed by atoms with van der Waals surface area (Å²) in [4.78, 5) is 39.2. The molecule has 190 valence electrons. The normalized spacial score (nSPS) is 15.4. The molecule has 0 saturated carbocycles. The van der Waals surface area contributed by atoms with Crippen LogP contribution in [0.3, 0.4) is 0 Å². The fourth-order valence-corrected chi connectivity index (χ4v) is 5.84. The number of anilines is 1. The molecule has 1 aromatic carbocycles. The van der Waals surface area contributed by atoms with Crippen molar-refractivity contribution in [2.45, 2.75) is 42.8 Å². The number of carbonyl (C=O) groups excluding carboxylic acids is 2. The van der Waals surface area contributed by atoms with Crippen molar-refractivity contribution >= 4 is 56.6 Å². The van der Waals surface area contributed by atoms with Gasteiger partial charge in [0.25, 0.3) is 5.91 Å². The zero-order chi connectivity index (χ0) is 25.2. The van der Waals surface area contributed by atoms with Crippen molar-refractivity contribution in [2.75, 3.05) is 32.2 Å². The Morgan fingerprint density at radius 1 is 1.22 bits per heavy atom. The van der Waals surface area contributed by atoms with Crippen LogP contribution in [-0.4, -0.2) is 62.8 Å². The average molecular weight is 577 g/mol. The number of nitrogens with two attached hydrogens (primary N) is 1. The predicted molar refractivity (Wildman–Crippen MR) is 135 cm³/mol. The zero-order valence-corrected chi connectivity index (χ0v) is 22.0. The van der Waals surface area contributed by atoms with Crippen LogP contribution >= 0.6 is 27.7 Å². The van der Waals surface area contributed by atoms with E-state index < -0.39 is 5.97 Å². The molecule has 0 radical (unpaired) electrons. The number of esters is 1. The number of nitrogen functional groups attached to an aromatic ring is 1. The van der Waals surface area contributed by atoms with E-state index in [0.29, 0.717) is 54.0 Å². The average Bonchev–Trinajstić information content (AvgIpc) is 3.46. The van der Waals surface area contributed by atoms with Crippen LogP contribution < -0.4 is 15.2 Å². The van der Waals surface area contributed by atoms with Gasteiger partial charge in [0.05, 0.1) is 0 Å². The number of carbonyl (C=O) groups is 2. The molecular formula is C23H25BrN6O5S. The van der Waals surface area contributed by atoms with Gasteiger partial charge in [-0.3, -0.25) is 9.59 Å². The van der Waals surface area contributed by atoms with E-state index in [4.69, 9.17) is 24.9 Å². The molecular weight excluding hydrogens is 552 g/mol. The summed E-state index contributed by atoms with van der Waals surface area (Å²) in [6.45, 7) is 3.30. The lowest BCUT2D eigenvalue weighted by Crippen LogP contribution is -2.40. The highest BCUT2D eigenvalue weighted by Crippen LogP contribution is 2.43. The van der Waals surface area contributed by atoms with Crippen molar-refractivity contribution in [1.82, 2.24) is 24.4 Å². The van der Waals surface area contributed by atoms with Crippen LogP contribution in [0.25, 0.3) is 11.2 Å². The molecule has 2 N–H and O–H groups in total. The van der Waals surface area contributed by atoms with Crippen LogP contribution in [0, 0.1) is 5.92 Å². The second-order valence-corrected chi connectivity index (χ2v) is 10.5. The standard InChI is InChI=1S/C23H25BrN6O5S/c1-13(31)33-10-19(32)29-5-2-14(3-6-29)4-7-30-22-20(21(25)26-11-27-22)28-23(30)36-18-9-17-16(8-15(18)24)34-12-35-17/h8-9,11,14H,2-7,10,12H2,1H3,(H2,25,26,27). The van der Waals surface area contributed by atoms with Crippen molar-refractivity contribution in [1.29, 1.82) is 0 Å². The number of fused-ring (bicyclic) bond motifs is 2. The van der Waals surface area contributed by atoms with E-state index in [9.17, 15) is 9.59 Å². The summed E-state index contributed by atoms with van der Waals surface area (Å²) in [5.41, 5.74) is 7.37. The molecule has 2 aliphatic rings. The Labute approximate surface area is 219 Å². The number of piperidine rings is 1. The van der Waals surface area contributed by atoms with E-state index in [-0.39, 0.29) is 19.3 Å². The molecule has 0 spiro atoms. The van der Waals surface area contributed by atoms with Crippen LogP contribution in [-0.2, 0) is 20.9 Å². The van der Waals surface area contributed by atoms with E-state index in [1.807, 2.05) is 12.1 Å². The maximum atomic E-state index is 12.2. The predicted octanol–water partition coefficient (Wildman–Crippen LogP) is 3.24. The Bertz CT molecular complexity index is 1310. The third kappa shape index (κ3) is 5.21. The van der Waals surface area contributed by atoms with Gasteiger partial charge in [0, 0.05) is 35.9 Å². The molecule has 2 aliphatic heterocycles. The summed E-state index contributed by atoms with van der Waals surface area (Å²) in [6, 6.07) is 3.82. The van der Waals surface area contributed by atoms with Crippen molar-refractivity contribution in [3.8, 4) is 11.5 Å². The van der Waals surface area contributed by atoms with Crippen LogP contribution in [0.1, 0.15) is 26.2 Å². The molecule has 0 unspecified atom stereocenters. The number of benzene rings is 1. The molecule has 0 bridgehead atoms. The van der Waals surface area contributed by atoms with E-state index in [1.165, 1.54) is 25.0 Å². The van der Waals surface area contributed by atoms with Crippen LogP contribution in [0.2, 0.25) is 0 Å². The second kappa shape index (κ2) is 10.5. The van der Waals surface area contributed by atoms with E-state index in [1.54, 1.807) is 4.90 Å². The van der Waals surface area contributed by atoms with Gasteiger partial charge >= 0.3 is 5.97 Å². The minimum atomic E-state index is -0.448. The van der Waals surface area contributed by atoms with Crippen LogP contribution in [0.5, 0.6) is 11.5 Å². The van der Waals surface area contributed by atoms with Gasteiger partial charge in [-0.2, -0.15) is 0 Å². The molecule has 13 heteroatoms. The van der Waals surface area contributed by atoms with Crippen molar-refractivity contribution in [2.24, 2.45) is 5.92 Å². The molecule has 36 heavy (non-hydrogen) atoms. The third-order valence-corrected chi connectivity index (χ3v) is 8.25. The highest BCUT2D eigenvalue weighted by atomic mass is 79.9. The first-order valence-electron chi connectivity index (χ1n) is 11.5. The number of aromatic nitrogens is 4. The number of rotatable bonds is 7. The maximum absolute atomic E-state index is 12.2. The van der Waals surface area contributed by atoms with E-state index in [0.717, 1.165) is 33.8 Å². The van der Waals surface area contributed by atoms with Crippen molar-refractivity contribution < 1.29 is 23.8 Å². The zero-order valence-electron chi connectivity index (χ0n) is 19.6. The third-order valence-electron chi connectivity index (χ3n) is 6.28. The SMILES string of the molecule is CC(=O)OCC(=O)N1CCC(CCn2c(Sc3cc4c(cc3Br)OCO4)nc3c(N)ncnc32)CC1. The lowest BCUT2D eigenvalue weighted by molar-refractivity contribution is -0.150. The van der Waals surface area contributed by atoms with Crippen LogP contribution in [0.4, 0.5) is 5.82 Å². The van der Waals surface area contributed by atoms with Gasteiger partial charge in [-0.1, -0.05) is 11.8 Å². The monoisotopic (exact) mass is 576 g/mol. The smallest absolute Gasteiger partial charge is 0.303 e. The number of hydrogen-bond donors (Lipinski definition) is 1. The molecule has 3 aromatic rings. The largest absolute Gasteiger partial charge is 0.456 e. The van der Waals surface area contributed by atoms with E-state index in [2.05, 4.69) is 30.5 Å². The molecule has 0 aliphatic carbocycles. The summed E-state index contributed by atoms with van der Waals surface area (Å²) >= 11 is 5.11. The number of hydrogen-bond acceptors (Lipinski definition) is 10. The second-order valence-electron chi connectivity index (χ2n) is 8.61. The van der Waals surface area contributed by atoms with Gasteiger partial charge in [-0.25, -0.2) is 15.0 Å². The van der Waals surface area contributed by atoms with Crippen LogP contribution in [0.15, 0.2) is 33.0 Å². The molecule has 4 heterocycles. The quantitative estimate of drug-likeness (QED) is 0.417. The van der Waals surface area contributed by atoms with Gasteiger partial charge in [-0.05, 0) is 53.2 Å². The molecule has 0 atom stereocenters. The Balaban J connectivity index is 1.30. The molecule has 5 rings (SSSR count). The van der Waals surface area contributed by atoms with Crippen molar-refractivity contribution in [3.05, 3.63) is 22.9 Å². The van der Waals surface area contributed by atoms with Crippen molar-refractivity contribution in [3.63, 3.8) is 0 Å². The molecule has 2 aromatic heterocycles. The molecule has 11 nitrogen and oxygen atoms in total. The Morgan fingerprint density at radius 2 is 1.97 bits per heavy atom. The summed E-state index contributed by atoms with van der Waals surface area (Å²) in [7, 11) is 0. The number of amides is 1. The molecule has 1 fully saturated rings. The number of aryl methyl sites for hydroxylation is 1. The van der Waals surface area contributed by atoms with E-state index >= 15 is 0 Å². The Kier molecular flexibility index (Phi) is 7.19. The summed E-state index contributed by atoms with van der Waals surface area (Å²) in [5, 5.41) is 0.755. The number of halogens is 1. The summed E-state index contributed by atoms with van der Waals surface area (Å²) in [6.07, 6.45) is 4.11. The van der Waals surface area contributed by atoms with Gasteiger partial charge in [0.2, 0.25) is 6.79 Å². The molecule has 1 saturated heterocycles. The lowest BCUT2D eigenvalue weighted by Gasteiger charge is -2.32. The number of imidazole rings is 1. The fraction of sp³-hybridized carbons (Fsp3) is 0.435. The Morgan fingerprint density at radius 3 is 2.72 bits per heavy atom. The minimum absolute atomic E-state index is 0.149. The maximum Gasteiger partial charge on any atom is 0.303 e. The van der Waals surface area contributed by atoms with Gasteiger partial charge in [-0.15, -0.1) is 0 Å². The summed E-state index contributed by atoms with van der Waals surface area (Å²) in [5.74, 6) is 1.57. The first-order valence-corrected chi connectivity index (χ1v) is 13.1. The molecule has 1 amide bonds. The van der Waals surface area contributed by atoms with Gasteiger partial charge < -0.3 is 29.4 Å². The first kappa shape index (κ1) is 24.6. The number of nitrogens with zero attached hydrogens (tertiary/aromatic N) is 5. The highest BCUT2D eigenvalue weighted by Gasteiger charge is 2.25. The minimum Gasteiger partial charge on any atom is -0.456 e. The summed E-state index contributed by atoms with van der Waals surface area (Å²) < 4.78 is 18.8. The van der Waals surface area contributed by atoms with Gasteiger partial charge in [0.1, 0.15) is 6.33 Å². The fourth-order valence-electron chi connectivity index (χ4n) is 4.33. The Hall–Kier alpha value is -3.06. The first-order chi connectivity index (χ1) is 17.4. The highest BCUT2D eigenvalue weighted by molar-refractivity contribution is 9.10. The number of ether oxygens (including phenoxy) is 3. The van der Waals surface area contributed by atoms with Gasteiger partial charge in [0.15, 0.2) is 40.2 Å². The topological polar surface area (TPSA) is 135 Å². The number of likely N-dealkylation sites (tertiary alicyclic amines) is 1.